The van der Waals surface area contributed by atoms with Crippen LogP contribution in [0, 0.1) is 17.8 Å². The van der Waals surface area contributed by atoms with Gasteiger partial charge >= 0.3 is 39.5 Å². The molecule has 2 unspecified atom stereocenters. The summed E-state index contributed by atoms with van der Waals surface area (Å²) in [5.74, 6) is 0.241. The van der Waals surface area contributed by atoms with E-state index < -0.39 is 97.5 Å². The van der Waals surface area contributed by atoms with Gasteiger partial charge in [0.25, 0.3) is 0 Å². The summed E-state index contributed by atoms with van der Waals surface area (Å²) in [5.41, 5.74) is 0. The zero-order valence-electron chi connectivity index (χ0n) is 68.5. The van der Waals surface area contributed by atoms with E-state index >= 15 is 0 Å². The second kappa shape index (κ2) is 75.1. The van der Waals surface area contributed by atoms with Gasteiger partial charge in [0.1, 0.15) is 19.3 Å². The van der Waals surface area contributed by atoms with Gasteiger partial charge in [0.15, 0.2) is 12.2 Å². The summed E-state index contributed by atoms with van der Waals surface area (Å²) >= 11 is 0. The van der Waals surface area contributed by atoms with Crippen molar-refractivity contribution in [3.05, 3.63) is 0 Å². The number of hydrogen-bond donors (Lipinski definition) is 3. The van der Waals surface area contributed by atoms with Crippen molar-refractivity contribution in [3.8, 4) is 0 Å². The summed E-state index contributed by atoms with van der Waals surface area (Å²) in [6.45, 7) is 12.0. The number of rotatable bonds is 83. The van der Waals surface area contributed by atoms with E-state index in [9.17, 15) is 43.2 Å². The van der Waals surface area contributed by atoms with Crippen LogP contribution in [-0.2, 0) is 65.4 Å². The average molecular weight is 1520 g/mol. The highest BCUT2D eigenvalue weighted by molar-refractivity contribution is 7.47. The Morgan fingerprint density at radius 1 is 0.260 bits per heavy atom. The number of aliphatic hydroxyl groups excluding tert-OH is 1. The van der Waals surface area contributed by atoms with Gasteiger partial charge in [-0.2, -0.15) is 0 Å². The second-order valence-electron chi connectivity index (χ2n) is 32.0. The van der Waals surface area contributed by atoms with Crippen molar-refractivity contribution in [2.24, 2.45) is 17.8 Å². The number of phosphoric ester groups is 2. The molecule has 618 valence electrons. The molecule has 104 heavy (non-hydrogen) atoms. The van der Waals surface area contributed by atoms with Crippen molar-refractivity contribution in [3.63, 3.8) is 0 Å². The number of esters is 4. The molecular weight excluding hydrogens is 1350 g/mol. The van der Waals surface area contributed by atoms with Gasteiger partial charge in [-0.1, -0.05) is 395 Å². The van der Waals surface area contributed by atoms with Crippen LogP contribution in [0.25, 0.3) is 0 Å². The summed E-state index contributed by atoms with van der Waals surface area (Å²) in [5, 5.41) is 10.7. The van der Waals surface area contributed by atoms with Gasteiger partial charge in [-0.25, -0.2) is 9.13 Å². The predicted molar refractivity (Wildman–Crippen MR) is 428 cm³/mol. The van der Waals surface area contributed by atoms with Crippen LogP contribution in [0.2, 0.25) is 0 Å². The lowest BCUT2D eigenvalue weighted by atomic mass is 10.0. The summed E-state index contributed by atoms with van der Waals surface area (Å²) in [6, 6.07) is 0. The van der Waals surface area contributed by atoms with Crippen molar-refractivity contribution in [2.75, 3.05) is 39.6 Å². The second-order valence-corrected chi connectivity index (χ2v) is 34.9. The molecule has 17 nitrogen and oxygen atoms in total. The highest BCUT2D eigenvalue weighted by atomic mass is 31.2. The summed E-state index contributed by atoms with van der Waals surface area (Å²) in [7, 11) is -9.93. The molecule has 0 aliphatic carbocycles. The molecule has 0 aliphatic heterocycles. The fourth-order valence-corrected chi connectivity index (χ4v) is 14.8. The maximum atomic E-state index is 13.1. The summed E-state index contributed by atoms with van der Waals surface area (Å²) < 4.78 is 68.9. The van der Waals surface area contributed by atoms with Crippen LogP contribution >= 0.6 is 15.6 Å². The van der Waals surface area contributed by atoms with Crippen molar-refractivity contribution in [1.29, 1.82) is 0 Å². The van der Waals surface area contributed by atoms with Crippen LogP contribution in [0.5, 0.6) is 0 Å². The number of ether oxygens (including phenoxy) is 4. The summed E-state index contributed by atoms with van der Waals surface area (Å²) in [6.07, 6.45) is 65.3. The maximum Gasteiger partial charge on any atom is 0.472 e. The third-order valence-corrected chi connectivity index (χ3v) is 21.8. The number of aliphatic hydroxyl groups is 1. The third-order valence-electron chi connectivity index (χ3n) is 19.9. The highest BCUT2D eigenvalue weighted by Crippen LogP contribution is 2.45. The van der Waals surface area contributed by atoms with Gasteiger partial charge in [-0.3, -0.25) is 37.3 Å². The lowest BCUT2D eigenvalue weighted by Gasteiger charge is -2.21. The normalized spacial score (nSPS) is 13.9. The third kappa shape index (κ3) is 78.2. The fourth-order valence-electron chi connectivity index (χ4n) is 13.2. The number of carbonyl (C=O) groups excluding carboxylic acids is 4. The first kappa shape index (κ1) is 102. The zero-order chi connectivity index (χ0) is 76.5. The van der Waals surface area contributed by atoms with Crippen molar-refractivity contribution in [1.82, 2.24) is 0 Å². The standard InChI is InChI=1S/C85H166O17P2/c1-8-9-10-11-12-13-14-15-20-28-33-38-47-54-61-68-85(90)102-81(73-96-83(88)67-60-53-46-41-40-44-51-58-65-78(6)7)75-100-104(93,94)98-71-79(86)70-97-103(91,92)99-74-80(72-95-82(87)66-59-52-45-37-32-27-24-23-26-31-36-43-50-57-64-77(4)5)101-84(89)69-62-55-48-39-34-29-22-19-17-16-18-21-25-30-35-42-49-56-63-76(2)3/h76-81,86H,8-75H2,1-7H3,(H,91,92)(H,93,94)/t79-,80-,81-/m1/s1. The van der Waals surface area contributed by atoms with Crippen LogP contribution in [-0.4, -0.2) is 96.7 Å². The minimum absolute atomic E-state index is 0.108. The van der Waals surface area contributed by atoms with Crippen LogP contribution in [0.4, 0.5) is 0 Å². The molecule has 5 atom stereocenters. The number of phosphoric acid groups is 2. The quantitative estimate of drug-likeness (QED) is 0.0222. The van der Waals surface area contributed by atoms with E-state index in [0.29, 0.717) is 25.7 Å². The largest absolute Gasteiger partial charge is 0.472 e. The van der Waals surface area contributed by atoms with E-state index in [0.717, 1.165) is 108 Å². The molecule has 0 fully saturated rings. The Morgan fingerprint density at radius 2 is 0.442 bits per heavy atom. The first-order valence-corrected chi connectivity index (χ1v) is 46.8. The molecule has 0 aromatic carbocycles. The molecule has 0 bridgehead atoms. The smallest absolute Gasteiger partial charge is 0.462 e. The van der Waals surface area contributed by atoms with Crippen LogP contribution < -0.4 is 0 Å². The van der Waals surface area contributed by atoms with Crippen LogP contribution in [0.1, 0.15) is 447 Å². The van der Waals surface area contributed by atoms with E-state index in [1.165, 1.54) is 257 Å². The lowest BCUT2D eigenvalue weighted by molar-refractivity contribution is -0.161. The minimum Gasteiger partial charge on any atom is -0.462 e. The van der Waals surface area contributed by atoms with Gasteiger partial charge < -0.3 is 33.8 Å². The topological polar surface area (TPSA) is 237 Å². The molecule has 0 rings (SSSR count). The molecule has 3 N–H and O–H groups in total. The molecule has 0 radical (unpaired) electrons. The molecule has 0 aromatic rings. The molecule has 0 saturated heterocycles. The number of hydrogen-bond acceptors (Lipinski definition) is 15. The van der Waals surface area contributed by atoms with Crippen LogP contribution in [0.15, 0.2) is 0 Å². The highest BCUT2D eigenvalue weighted by Gasteiger charge is 2.30. The summed E-state index contributed by atoms with van der Waals surface area (Å²) in [4.78, 5) is 73.2. The molecule has 0 aliphatic rings. The average Bonchev–Trinajstić information content (AvgIpc) is 0.904. The Hall–Kier alpha value is -1.94. The SMILES string of the molecule is CCCCCCCCCCCCCCCCCC(=O)O[C@H](COC(=O)CCCCCCCCCCC(C)C)COP(=O)(O)OC[C@H](O)COP(=O)(O)OC[C@@H](COC(=O)CCCCCCCCCCCCCCCCC(C)C)OC(=O)CCCCCCCCCCCCCCCCCCCCC(C)C. The lowest BCUT2D eigenvalue weighted by Crippen LogP contribution is -2.30. The van der Waals surface area contributed by atoms with Crippen molar-refractivity contribution < 1.29 is 80.2 Å². The van der Waals surface area contributed by atoms with Gasteiger partial charge in [-0.05, 0) is 43.4 Å². The van der Waals surface area contributed by atoms with Crippen molar-refractivity contribution >= 4 is 39.5 Å². The van der Waals surface area contributed by atoms with Gasteiger partial charge in [0, 0.05) is 25.7 Å². The molecule has 0 saturated carbocycles. The Balaban J connectivity index is 5.24. The predicted octanol–water partition coefficient (Wildman–Crippen LogP) is 25.7. The molecule has 0 heterocycles. The molecule has 19 heteroatoms. The monoisotopic (exact) mass is 1520 g/mol. The Bertz CT molecular complexity index is 2010. The number of carbonyl (C=O) groups is 4. The Morgan fingerprint density at radius 3 is 0.654 bits per heavy atom. The Kier molecular flexibility index (Phi) is 73.7. The first-order valence-electron chi connectivity index (χ1n) is 43.8. The fraction of sp³-hybridized carbons (Fsp3) is 0.953. The Labute approximate surface area is 638 Å². The van der Waals surface area contributed by atoms with Crippen molar-refractivity contribution in [2.45, 2.75) is 465 Å². The van der Waals surface area contributed by atoms with E-state index in [1.807, 2.05) is 0 Å². The van der Waals surface area contributed by atoms with E-state index in [4.69, 9.17) is 37.0 Å². The zero-order valence-corrected chi connectivity index (χ0v) is 70.3. The van der Waals surface area contributed by atoms with E-state index in [2.05, 4.69) is 48.5 Å². The number of unbranched alkanes of at least 4 members (excludes halogenated alkanes) is 51. The molecule has 0 amide bonds. The molecule has 0 aromatic heterocycles. The first-order chi connectivity index (χ1) is 50.2. The van der Waals surface area contributed by atoms with E-state index in [1.54, 1.807) is 0 Å². The minimum atomic E-state index is -4.97. The maximum absolute atomic E-state index is 13.1. The van der Waals surface area contributed by atoms with E-state index in [-0.39, 0.29) is 25.7 Å². The molecule has 0 spiro atoms. The van der Waals surface area contributed by atoms with Gasteiger partial charge in [-0.15, -0.1) is 0 Å². The van der Waals surface area contributed by atoms with Gasteiger partial charge in [0.05, 0.1) is 26.4 Å². The molecular formula is C85H166O17P2. The van der Waals surface area contributed by atoms with Gasteiger partial charge in [0.2, 0.25) is 0 Å². The van der Waals surface area contributed by atoms with Crippen LogP contribution in [0.3, 0.4) is 0 Å².